The molecule has 0 N–H and O–H groups in total. The van der Waals surface area contributed by atoms with Gasteiger partial charge in [-0.05, 0) is 38.6 Å². The Hall–Kier alpha value is -0.370. The molecule has 0 aromatic carbocycles. The molecule has 3 unspecified atom stereocenters. The highest BCUT2D eigenvalue weighted by molar-refractivity contribution is 5.49. The molecule has 0 spiro atoms. The predicted octanol–water partition coefficient (Wildman–Crippen LogP) is 3.75. The number of nitrogens with zero attached hydrogens (tertiary/aromatic N) is 1. The molecule has 0 amide bonds. The maximum Gasteiger partial charge on any atom is 0.120 e. The van der Waals surface area contributed by atoms with E-state index in [4.69, 9.17) is 0 Å². The smallest absolute Gasteiger partial charge is 0.120 e. The van der Waals surface area contributed by atoms with E-state index in [1.165, 1.54) is 6.42 Å². The maximum atomic E-state index is 10.7. The van der Waals surface area contributed by atoms with Gasteiger partial charge in [0.2, 0.25) is 0 Å². The minimum atomic E-state index is 0.502. The Kier molecular flexibility index (Phi) is 8.49. The molecule has 0 aliphatic heterocycles. The van der Waals surface area contributed by atoms with Crippen molar-refractivity contribution in [2.45, 2.75) is 72.9 Å². The topological polar surface area (TPSA) is 20.3 Å². The van der Waals surface area contributed by atoms with Crippen LogP contribution in [-0.4, -0.2) is 29.8 Å². The number of rotatable bonds is 9. The third-order valence-electron chi connectivity index (χ3n) is 3.87. The van der Waals surface area contributed by atoms with E-state index in [0.717, 1.165) is 25.2 Å². The lowest BCUT2D eigenvalue weighted by atomic mass is 9.92. The van der Waals surface area contributed by atoms with Crippen molar-refractivity contribution in [1.82, 2.24) is 4.90 Å². The zero-order valence-electron chi connectivity index (χ0n) is 12.6. The Morgan fingerprint density at radius 3 is 2.06 bits per heavy atom. The lowest BCUT2D eigenvalue weighted by molar-refractivity contribution is -0.109. The molecule has 0 saturated heterocycles. The summed E-state index contributed by atoms with van der Waals surface area (Å²) >= 11 is 0. The van der Waals surface area contributed by atoms with Crippen molar-refractivity contribution in [2.75, 3.05) is 6.54 Å². The minimum absolute atomic E-state index is 0.502. The molecule has 0 rings (SSSR count). The Morgan fingerprint density at radius 1 is 1.12 bits per heavy atom. The average molecular weight is 241 g/mol. The first kappa shape index (κ1) is 16.6. The number of carbonyl (C=O) groups is 1. The Balaban J connectivity index is 4.55. The van der Waals surface area contributed by atoms with Gasteiger partial charge in [-0.2, -0.15) is 0 Å². The van der Waals surface area contributed by atoms with Gasteiger partial charge >= 0.3 is 0 Å². The minimum Gasteiger partial charge on any atom is -0.303 e. The van der Waals surface area contributed by atoms with E-state index in [9.17, 15) is 4.79 Å². The number of hydrogen-bond acceptors (Lipinski definition) is 2. The summed E-state index contributed by atoms with van der Waals surface area (Å²) in [6.45, 7) is 14.6. The molecule has 0 saturated carbocycles. The molecule has 0 aromatic rings. The zero-order valence-corrected chi connectivity index (χ0v) is 12.6. The van der Waals surface area contributed by atoms with Gasteiger partial charge in [0.15, 0.2) is 0 Å². The lowest BCUT2D eigenvalue weighted by Crippen LogP contribution is -2.44. The molecular formula is C15H31NO. The fourth-order valence-corrected chi connectivity index (χ4v) is 2.92. The third kappa shape index (κ3) is 5.67. The van der Waals surface area contributed by atoms with E-state index < -0.39 is 0 Å². The summed E-state index contributed by atoms with van der Waals surface area (Å²) in [5.74, 6) is 1.24. The summed E-state index contributed by atoms with van der Waals surface area (Å²) in [4.78, 5) is 13.3. The van der Waals surface area contributed by atoms with Crippen molar-refractivity contribution < 1.29 is 4.79 Å². The molecule has 3 atom stereocenters. The van der Waals surface area contributed by atoms with Gasteiger partial charge in [0.25, 0.3) is 0 Å². The summed E-state index contributed by atoms with van der Waals surface area (Å²) in [6.07, 6.45) is 4.09. The van der Waals surface area contributed by atoms with E-state index in [0.29, 0.717) is 24.4 Å². The van der Waals surface area contributed by atoms with Crippen molar-refractivity contribution in [3.05, 3.63) is 0 Å². The van der Waals surface area contributed by atoms with Crippen LogP contribution in [0.25, 0.3) is 0 Å². The molecule has 17 heavy (non-hydrogen) atoms. The van der Waals surface area contributed by atoms with Crippen molar-refractivity contribution in [2.24, 2.45) is 11.8 Å². The standard InChI is InChI=1S/C15H31NO/c1-7-15(9-10-17)14(6)16(8-2)13(5)11-12(3)4/h10,12-15H,7-9,11H2,1-6H3. The SMILES string of the molecule is CCC(CC=O)C(C)N(CC)C(C)CC(C)C. The number of hydrogen-bond donors (Lipinski definition) is 0. The zero-order chi connectivity index (χ0) is 13.4. The fourth-order valence-electron chi connectivity index (χ4n) is 2.92. The third-order valence-corrected chi connectivity index (χ3v) is 3.87. The number of carbonyl (C=O) groups excluding carboxylic acids is 1. The molecule has 0 bridgehead atoms. The van der Waals surface area contributed by atoms with Crippen LogP contribution in [0, 0.1) is 11.8 Å². The first-order chi connectivity index (χ1) is 7.97. The first-order valence-corrected chi connectivity index (χ1v) is 7.17. The first-order valence-electron chi connectivity index (χ1n) is 7.17. The molecule has 0 radical (unpaired) electrons. The van der Waals surface area contributed by atoms with Crippen LogP contribution in [0.1, 0.15) is 60.8 Å². The van der Waals surface area contributed by atoms with E-state index in [1.54, 1.807) is 0 Å². The van der Waals surface area contributed by atoms with Gasteiger partial charge in [0.05, 0.1) is 0 Å². The summed E-state index contributed by atoms with van der Waals surface area (Å²) in [5.41, 5.74) is 0. The van der Waals surface area contributed by atoms with Crippen LogP contribution in [-0.2, 0) is 4.79 Å². The quantitative estimate of drug-likeness (QED) is 0.573. The number of aldehydes is 1. The molecule has 0 fully saturated rings. The molecule has 0 aromatic heterocycles. The molecular weight excluding hydrogens is 210 g/mol. The van der Waals surface area contributed by atoms with Gasteiger partial charge in [-0.1, -0.05) is 34.1 Å². The second kappa shape index (κ2) is 8.68. The average Bonchev–Trinajstić information content (AvgIpc) is 2.25. The van der Waals surface area contributed by atoms with E-state index in [2.05, 4.69) is 46.4 Å². The molecule has 2 heteroatoms. The van der Waals surface area contributed by atoms with Gasteiger partial charge in [-0.3, -0.25) is 4.90 Å². The molecule has 2 nitrogen and oxygen atoms in total. The maximum absolute atomic E-state index is 10.7. The van der Waals surface area contributed by atoms with Gasteiger partial charge in [0, 0.05) is 18.5 Å². The largest absolute Gasteiger partial charge is 0.303 e. The van der Waals surface area contributed by atoms with E-state index in [-0.39, 0.29) is 0 Å². The van der Waals surface area contributed by atoms with Crippen LogP contribution >= 0.6 is 0 Å². The molecule has 0 heterocycles. The second-order valence-electron chi connectivity index (χ2n) is 5.62. The Labute approximate surface area is 108 Å². The predicted molar refractivity (Wildman–Crippen MR) is 75.2 cm³/mol. The van der Waals surface area contributed by atoms with Gasteiger partial charge in [0.1, 0.15) is 6.29 Å². The van der Waals surface area contributed by atoms with Crippen molar-refractivity contribution >= 4 is 6.29 Å². The van der Waals surface area contributed by atoms with Crippen LogP contribution in [0.5, 0.6) is 0 Å². The van der Waals surface area contributed by atoms with Gasteiger partial charge in [-0.15, -0.1) is 0 Å². The van der Waals surface area contributed by atoms with Crippen molar-refractivity contribution in [1.29, 1.82) is 0 Å². The van der Waals surface area contributed by atoms with Crippen LogP contribution in [0.15, 0.2) is 0 Å². The Bertz CT molecular complexity index is 203. The van der Waals surface area contributed by atoms with E-state index >= 15 is 0 Å². The van der Waals surface area contributed by atoms with Crippen LogP contribution < -0.4 is 0 Å². The monoisotopic (exact) mass is 241 g/mol. The normalized spacial score (nSPS) is 17.2. The van der Waals surface area contributed by atoms with Gasteiger partial charge in [-0.25, -0.2) is 0 Å². The van der Waals surface area contributed by atoms with Crippen LogP contribution in [0.3, 0.4) is 0 Å². The second-order valence-corrected chi connectivity index (χ2v) is 5.62. The highest BCUT2D eigenvalue weighted by Gasteiger charge is 2.24. The Morgan fingerprint density at radius 2 is 1.71 bits per heavy atom. The summed E-state index contributed by atoms with van der Waals surface area (Å²) in [5, 5.41) is 0. The summed E-state index contributed by atoms with van der Waals surface area (Å²) < 4.78 is 0. The molecule has 0 aliphatic carbocycles. The highest BCUT2D eigenvalue weighted by atomic mass is 16.1. The summed E-state index contributed by atoms with van der Waals surface area (Å²) in [6, 6.07) is 1.11. The van der Waals surface area contributed by atoms with Gasteiger partial charge < -0.3 is 4.79 Å². The van der Waals surface area contributed by atoms with Crippen LogP contribution in [0.2, 0.25) is 0 Å². The van der Waals surface area contributed by atoms with Crippen LogP contribution in [0.4, 0.5) is 0 Å². The van der Waals surface area contributed by atoms with Crippen molar-refractivity contribution in [3.63, 3.8) is 0 Å². The fraction of sp³-hybridized carbons (Fsp3) is 0.933. The summed E-state index contributed by atoms with van der Waals surface area (Å²) in [7, 11) is 0. The lowest BCUT2D eigenvalue weighted by Gasteiger charge is -2.38. The molecule has 0 aliphatic rings. The van der Waals surface area contributed by atoms with E-state index in [1.807, 2.05) is 0 Å². The highest BCUT2D eigenvalue weighted by Crippen LogP contribution is 2.22. The molecule has 102 valence electrons. The van der Waals surface area contributed by atoms with Crippen molar-refractivity contribution in [3.8, 4) is 0 Å².